The Morgan fingerprint density at radius 1 is 1.16 bits per heavy atom. The number of amides is 1. The number of ether oxygens (including phenoxy) is 1. The summed E-state index contributed by atoms with van der Waals surface area (Å²) in [5.74, 6) is 0.841. The van der Waals surface area contributed by atoms with Gasteiger partial charge in [0.1, 0.15) is 12.4 Å². The molecule has 25 heavy (non-hydrogen) atoms. The van der Waals surface area contributed by atoms with Crippen molar-refractivity contribution in [2.24, 2.45) is 0 Å². The van der Waals surface area contributed by atoms with Gasteiger partial charge >= 0.3 is 0 Å². The van der Waals surface area contributed by atoms with Crippen molar-refractivity contribution in [3.05, 3.63) is 59.9 Å². The van der Waals surface area contributed by atoms with E-state index in [1.54, 1.807) is 6.20 Å². The molecule has 0 saturated heterocycles. The maximum Gasteiger partial charge on any atom is 0.234 e. The predicted molar refractivity (Wildman–Crippen MR) is 99.2 cm³/mol. The molecule has 0 spiro atoms. The number of carbonyl (C=O) groups excluding carboxylic acids is 1. The lowest BCUT2D eigenvalue weighted by atomic mass is 10.1. The van der Waals surface area contributed by atoms with Crippen LogP contribution in [-0.2, 0) is 17.9 Å². The van der Waals surface area contributed by atoms with Crippen LogP contribution in [0.5, 0.6) is 5.75 Å². The second-order valence-electron chi connectivity index (χ2n) is 7.22. The minimum Gasteiger partial charge on any atom is -0.487 e. The van der Waals surface area contributed by atoms with Gasteiger partial charge in [-0.15, -0.1) is 0 Å². The Bertz CT molecular complexity index is 664. The van der Waals surface area contributed by atoms with Crippen LogP contribution in [0.3, 0.4) is 0 Å². The summed E-state index contributed by atoms with van der Waals surface area (Å²) in [6, 6.07) is 13.7. The Morgan fingerprint density at radius 2 is 1.88 bits per heavy atom. The topological polar surface area (TPSA) is 54.5 Å². The van der Waals surface area contributed by atoms with E-state index in [-0.39, 0.29) is 11.4 Å². The summed E-state index contributed by atoms with van der Waals surface area (Å²) in [6.45, 7) is 7.47. The first-order valence-corrected chi connectivity index (χ1v) is 8.43. The van der Waals surface area contributed by atoms with Crippen LogP contribution in [0.15, 0.2) is 48.7 Å². The van der Waals surface area contributed by atoms with Crippen molar-refractivity contribution in [1.82, 2.24) is 15.2 Å². The summed E-state index contributed by atoms with van der Waals surface area (Å²) in [6.07, 6.45) is 1.76. The van der Waals surface area contributed by atoms with Gasteiger partial charge in [0.2, 0.25) is 5.91 Å². The van der Waals surface area contributed by atoms with Gasteiger partial charge in [-0.25, -0.2) is 0 Å². The van der Waals surface area contributed by atoms with Gasteiger partial charge in [-0.2, -0.15) is 0 Å². The first kappa shape index (κ1) is 18.9. The third-order valence-electron chi connectivity index (χ3n) is 3.42. The molecule has 1 amide bonds. The molecule has 0 aliphatic heterocycles. The second kappa shape index (κ2) is 8.62. The summed E-state index contributed by atoms with van der Waals surface area (Å²) in [7, 11) is 1.94. The number of nitrogens with zero attached hydrogens (tertiary/aromatic N) is 2. The van der Waals surface area contributed by atoms with Gasteiger partial charge in [-0.1, -0.05) is 18.2 Å². The molecule has 1 aromatic carbocycles. The molecule has 0 fully saturated rings. The fraction of sp³-hybridized carbons (Fsp3) is 0.400. The van der Waals surface area contributed by atoms with Crippen LogP contribution in [0.1, 0.15) is 32.0 Å². The zero-order valence-corrected chi connectivity index (χ0v) is 15.5. The molecule has 0 atom stereocenters. The minimum atomic E-state index is -0.204. The summed E-state index contributed by atoms with van der Waals surface area (Å²) in [5, 5.41) is 2.97. The van der Waals surface area contributed by atoms with E-state index in [9.17, 15) is 4.79 Å². The van der Waals surface area contributed by atoms with Crippen molar-refractivity contribution in [3.63, 3.8) is 0 Å². The van der Waals surface area contributed by atoms with Gasteiger partial charge in [-0.3, -0.25) is 14.7 Å². The lowest BCUT2D eigenvalue weighted by Crippen LogP contribution is -2.45. The van der Waals surface area contributed by atoms with Crippen molar-refractivity contribution >= 4 is 5.91 Å². The van der Waals surface area contributed by atoms with Crippen molar-refractivity contribution < 1.29 is 9.53 Å². The number of benzene rings is 1. The highest BCUT2D eigenvalue weighted by molar-refractivity contribution is 5.78. The van der Waals surface area contributed by atoms with Crippen molar-refractivity contribution in [2.45, 2.75) is 39.5 Å². The van der Waals surface area contributed by atoms with E-state index < -0.39 is 0 Å². The molecule has 2 aromatic rings. The van der Waals surface area contributed by atoms with Gasteiger partial charge in [0.15, 0.2) is 0 Å². The Hall–Kier alpha value is -2.40. The molecule has 1 aromatic heterocycles. The molecule has 0 radical (unpaired) electrons. The zero-order valence-electron chi connectivity index (χ0n) is 15.5. The lowest BCUT2D eigenvalue weighted by molar-refractivity contribution is -0.123. The van der Waals surface area contributed by atoms with E-state index in [1.807, 2.05) is 75.2 Å². The Kier molecular flexibility index (Phi) is 6.53. The molecule has 5 nitrogen and oxygen atoms in total. The monoisotopic (exact) mass is 341 g/mol. The van der Waals surface area contributed by atoms with Gasteiger partial charge in [0, 0.05) is 18.3 Å². The van der Waals surface area contributed by atoms with E-state index in [0.29, 0.717) is 19.7 Å². The van der Waals surface area contributed by atoms with Crippen LogP contribution in [0.25, 0.3) is 0 Å². The molecule has 0 unspecified atom stereocenters. The van der Waals surface area contributed by atoms with Gasteiger partial charge in [0.05, 0.1) is 12.2 Å². The van der Waals surface area contributed by atoms with E-state index >= 15 is 0 Å². The molecule has 134 valence electrons. The summed E-state index contributed by atoms with van der Waals surface area (Å²) in [5.41, 5.74) is 1.83. The van der Waals surface area contributed by atoms with Gasteiger partial charge in [0.25, 0.3) is 0 Å². The fourth-order valence-electron chi connectivity index (χ4n) is 2.40. The number of aromatic nitrogens is 1. The van der Waals surface area contributed by atoms with Crippen LogP contribution in [0, 0.1) is 0 Å². The Morgan fingerprint density at radius 3 is 2.48 bits per heavy atom. The largest absolute Gasteiger partial charge is 0.487 e. The highest BCUT2D eigenvalue weighted by atomic mass is 16.5. The number of carbonyl (C=O) groups is 1. The van der Waals surface area contributed by atoms with Crippen LogP contribution in [0.4, 0.5) is 0 Å². The normalized spacial score (nSPS) is 11.4. The molecular weight excluding hydrogens is 314 g/mol. The van der Waals surface area contributed by atoms with E-state index in [0.717, 1.165) is 17.0 Å². The molecule has 1 heterocycles. The maximum atomic E-state index is 12.0. The number of likely N-dealkylation sites (N-methyl/N-ethyl adjacent to an activating group) is 1. The minimum absolute atomic E-state index is 0.0327. The molecule has 0 saturated carbocycles. The average molecular weight is 341 g/mol. The van der Waals surface area contributed by atoms with Crippen molar-refractivity contribution in [2.75, 3.05) is 13.6 Å². The third kappa shape index (κ3) is 7.35. The van der Waals surface area contributed by atoms with Crippen LogP contribution in [0.2, 0.25) is 0 Å². The number of hydrogen-bond donors (Lipinski definition) is 1. The second-order valence-corrected chi connectivity index (χ2v) is 7.22. The first-order chi connectivity index (χ1) is 11.8. The number of rotatable bonds is 7. The van der Waals surface area contributed by atoms with Crippen LogP contribution >= 0.6 is 0 Å². The molecule has 2 rings (SSSR count). The maximum absolute atomic E-state index is 12.0. The van der Waals surface area contributed by atoms with Crippen molar-refractivity contribution in [1.29, 1.82) is 0 Å². The molecule has 0 aliphatic carbocycles. The van der Waals surface area contributed by atoms with E-state index in [1.165, 1.54) is 0 Å². The third-order valence-corrected chi connectivity index (χ3v) is 3.42. The Labute approximate surface area is 150 Å². The zero-order chi connectivity index (χ0) is 18.3. The standard InChI is InChI=1S/C20H27N3O2/c1-20(2,3)22-19(24)14-23(4)13-16-8-10-18(11-9-16)25-15-17-7-5-6-12-21-17/h5-12H,13-15H2,1-4H3,(H,22,24). The quantitative estimate of drug-likeness (QED) is 0.841. The summed E-state index contributed by atoms with van der Waals surface area (Å²) < 4.78 is 5.73. The molecule has 1 N–H and O–H groups in total. The van der Waals surface area contributed by atoms with Gasteiger partial charge in [-0.05, 0) is 57.6 Å². The molecule has 0 bridgehead atoms. The number of hydrogen-bond acceptors (Lipinski definition) is 4. The van der Waals surface area contributed by atoms with Crippen molar-refractivity contribution in [3.8, 4) is 5.75 Å². The number of pyridine rings is 1. The Balaban J connectivity index is 1.80. The molecular formula is C20H27N3O2. The highest BCUT2D eigenvalue weighted by Gasteiger charge is 2.15. The van der Waals surface area contributed by atoms with Gasteiger partial charge < -0.3 is 10.1 Å². The first-order valence-electron chi connectivity index (χ1n) is 8.43. The smallest absolute Gasteiger partial charge is 0.234 e. The van der Waals surface area contributed by atoms with Crippen LogP contribution < -0.4 is 10.1 Å². The fourth-order valence-corrected chi connectivity index (χ4v) is 2.40. The predicted octanol–water partition coefficient (Wildman–Crippen LogP) is 3.01. The van der Waals surface area contributed by atoms with Crippen LogP contribution in [-0.4, -0.2) is 34.9 Å². The van der Waals surface area contributed by atoms with E-state index in [2.05, 4.69) is 10.3 Å². The number of nitrogens with one attached hydrogen (secondary N) is 1. The summed E-state index contributed by atoms with van der Waals surface area (Å²) >= 11 is 0. The molecule has 5 heteroatoms. The highest BCUT2D eigenvalue weighted by Crippen LogP contribution is 2.14. The molecule has 0 aliphatic rings. The average Bonchev–Trinajstić information content (AvgIpc) is 2.53. The summed E-state index contributed by atoms with van der Waals surface area (Å²) in [4.78, 5) is 18.2. The van der Waals surface area contributed by atoms with E-state index in [4.69, 9.17) is 4.74 Å². The lowest BCUT2D eigenvalue weighted by Gasteiger charge is -2.23. The SMILES string of the molecule is CN(CC(=O)NC(C)(C)C)Cc1ccc(OCc2ccccn2)cc1.